The van der Waals surface area contributed by atoms with Gasteiger partial charge in [0.15, 0.2) is 0 Å². The minimum atomic E-state index is -0.0322. The minimum absolute atomic E-state index is 0.0322. The van der Waals surface area contributed by atoms with Crippen molar-refractivity contribution in [3.05, 3.63) is 60.2 Å². The van der Waals surface area contributed by atoms with Crippen molar-refractivity contribution in [2.24, 2.45) is 5.92 Å². The first-order valence-corrected chi connectivity index (χ1v) is 8.03. The van der Waals surface area contributed by atoms with E-state index in [0.717, 1.165) is 28.8 Å². The van der Waals surface area contributed by atoms with E-state index < -0.39 is 0 Å². The number of hydrogen-bond donors (Lipinski definition) is 1. The summed E-state index contributed by atoms with van der Waals surface area (Å²) in [6.45, 7) is 5.83. The van der Waals surface area contributed by atoms with Gasteiger partial charge in [0.05, 0.1) is 11.8 Å². The van der Waals surface area contributed by atoms with Gasteiger partial charge in [-0.15, -0.1) is 0 Å². The Bertz CT molecular complexity index is 785. The van der Waals surface area contributed by atoms with Gasteiger partial charge in [-0.05, 0) is 24.1 Å². The molecule has 2 heterocycles. The lowest BCUT2D eigenvalue weighted by Gasteiger charge is -2.07. The van der Waals surface area contributed by atoms with E-state index in [9.17, 15) is 4.79 Å². The molecule has 1 N–H and O–H groups in total. The van der Waals surface area contributed by atoms with Gasteiger partial charge in [-0.25, -0.2) is 0 Å². The Labute approximate surface area is 136 Å². The van der Waals surface area contributed by atoms with E-state index >= 15 is 0 Å². The van der Waals surface area contributed by atoms with Gasteiger partial charge in [-0.2, -0.15) is 0 Å². The second-order valence-corrected chi connectivity index (χ2v) is 6.19. The Balaban J connectivity index is 1.77. The largest absolute Gasteiger partial charge is 0.469 e. The molecule has 4 nitrogen and oxygen atoms in total. The summed E-state index contributed by atoms with van der Waals surface area (Å²) in [6, 6.07) is 11.8. The van der Waals surface area contributed by atoms with E-state index in [1.807, 2.05) is 36.5 Å². The quantitative estimate of drug-likeness (QED) is 0.751. The molecule has 0 saturated heterocycles. The normalized spacial score (nSPS) is 11.3. The molecule has 3 aromatic rings. The maximum atomic E-state index is 12.5. The monoisotopic (exact) mass is 310 g/mol. The van der Waals surface area contributed by atoms with E-state index in [1.165, 1.54) is 0 Å². The number of carbonyl (C=O) groups is 1. The third-order valence-corrected chi connectivity index (χ3v) is 3.83. The topological polar surface area (TPSA) is 47.2 Å². The number of para-hydroxylation sites is 1. The van der Waals surface area contributed by atoms with Crippen molar-refractivity contribution in [2.75, 3.05) is 6.54 Å². The Kier molecular flexibility index (Phi) is 4.51. The predicted octanol–water partition coefficient (Wildman–Crippen LogP) is 3.86. The third-order valence-electron chi connectivity index (χ3n) is 3.83. The van der Waals surface area contributed by atoms with E-state index in [0.29, 0.717) is 18.9 Å². The molecule has 0 aliphatic carbocycles. The van der Waals surface area contributed by atoms with Crippen molar-refractivity contribution in [2.45, 2.75) is 26.8 Å². The third kappa shape index (κ3) is 3.47. The minimum Gasteiger partial charge on any atom is -0.469 e. The molecule has 0 aliphatic rings. The SMILES string of the molecule is CC(C)Cn1cc(C(=O)NCCc2ccco2)c2ccccc21. The Hall–Kier alpha value is -2.49. The lowest BCUT2D eigenvalue weighted by atomic mass is 10.1. The highest BCUT2D eigenvalue weighted by molar-refractivity contribution is 6.07. The second-order valence-electron chi connectivity index (χ2n) is 6.19. The molecule has 0 radical (unpaired) electrons. The van der Waals surface area contributed by atoms with Crippen LogP contribution in [0.2, 0.25) is 0 Å². The number of nitrogens with one attached hydrogen (secondary N) is 1. The molecule has 0 atom stereocenters. The molecule has 1 amide bonds. The number of fused-ring (bicyclic) bond motifs is 1. The van der Waals surface area contributed by atoms with Crippen LogP contribution in [0.5, 0.6) is 0 Å². The summed E-state index contributed by atoms with van der Waals surface area (Å²) < 4.78 is 7.45. The van der Waals surface area contributed by atoms with Crippen LogP contribution in [0.25, 0.3) is 10.9 Å². The van der Waals surface area contributed by atoms with Crippen molar-refractivity contribution in [1.82, 2.24) is 9.88 Å². The molecule has 0 saturated carbocycles. The van der Waals surface area contributed by atoms with Gasteiger partial charge in [0, 0.05) is 36.6 Å². The molecular weight excluding hydrogens is 288 g/mol. The standard InChI is InChI=1S/C19H22N2O2/c1-14(2)12-21-13-17(16-7-3-4-8-18(16)21)19(22)20-10-9-15-6-5-11-23-15/h3-8,11,13-14H,9-10,12H2,1-2H3,(H,20,22). The second kappa shape index (κ2) is 6.73. The number of amides is 1. The summed E-state index contributed by atoms with van der Waals surface area (Å²) in [4.78, 5) is 12.5. The molecule has 23 heavy (non-hydrogen) atoms. The van der Waals surface area contributed by atoms with Gasteiger partial charge in [-0.1, -0.05) is 32.0 Å². The van der Waals surface area contributed by atoms with Gasteiger partial charge in [0.25, 0.3) is 5.91 Å². The number of aromatic nitrogens is 1. The van der Waals surface area contributed by atoms with E-state index in [-0.39, 0.29) is 5.91 Å². The van der Waals surface area contributed by atoms with Crippen LogP contribution in [0.3, 0.4) is 0 Å². The van der Waals surface area contributed by atoms with E-state index in [4.69, 9.17) is 4.42 Å². The fraction of sp³-hybridized carbons (Fsp3) is 0.316. The number of hydrogen-bond acceptors (Lipinski definition) is 2. The molecule has 0 fully saturated rings. The summed E-state index contributed by atoms with van der Waals surface area (Å²) in [5.74, 6) is 1.38. The number of furan rings is 1. The zero-order valence-electron chi connectivity index (χ0n) is 13.6. The zero-order valence-corrected chi connectivity index (χ0v) is 13.6. The highest BCUT2D eigenvalue weighted by Crippen LogP contribution is 2.22. The highest BCUT2D eigenvalue weighted by Gasteiger charge is 2.15. The molecule has 0 unspecified atom stereocenters. The molecular formula is C19H22N2O2. The zero-order chi connectivity index (χ0) is 16.2. The van der Waals surface area contributed by atoms with Gasteiger partial charge in [-0.3, -0.25) is 4.79 Å². The average molecular weight is 310 g/mol. The lowest BCUT2D eigenvalue weighted by molar-refractivity contribution is 0.0955. The van der Waals surface area contributed by atoms with Gasteiger partial charge >= 0.3 is 0 Å². The lowest BCUT2D eigenvalue weighted by Crippen LogP contribution is -2.25. The van der Waals surface area contributed by atoms with Crippen molar-refractivity contribution in [1.29, 1.82) is 0 Å². The Morgan fingerprint density at radius 3 is 2.78 bits per heavy atom. The van der Waals surface area contributed by atoms with Gasteiger partial charge in [0.2, 0.25) is 0 Å². The summed E-state index contributed by atoms with van der Waals surface area (Å²) in [6.07, 6.45) is 4.31. The van der Waals surface area contributed by atoms with Gasteiger partial charge in [0.1, 0.15) is 5.76 Å². The van der Waals surface area contributed by atoms with Crippen molar-refractivity contribution < 1.29 is 9.21 Å². The summed E-state index contributed by atoms with van der Waals surface area (Å²) in [7, 11) is 0. The van der Waals surface area contributed by atoms with Crippen LogP contribution in [0.15, 0.2) is 53.3 Å². The smallest absolute Gasteiger partial charge is 0.253 e. The molecule has 1 aromatic carbocycles. The maximum absolute atomic E-state index is 12.5. The summed E-state index contributed by atoms with van der Waals surface area (Å²) in [5, 5.41) is 3.99. The fourth-order valence-electron chi connectivity index (χ4n) is 2.82. The molecule has 0 bridgehead atoms. The number of rotatable bonds is 6. The van der Waals surface area contributed by atoms with E-state index in [1.54, 1.807) is 6.26 Å². The first-order chi connectivity index (χ1) is 11.1. The van der Waals surface area contributed by atoms with Crippen LogP contribution in [0.1, 0.15) is 30.0 Å². The van der Waals surface area contributed by atoms with Crippen LogP contribution >= 0.6 is 0 Å². The van der Waals surface area contributed by atoms with E-state index in [2.05, 4.69) is 29.8 Å². The summed E-state index contributed by atoms with van der Waals surface area (Å²) in [5.41, 5.74) is 1.85. The van der Waals surface area contributed by atoms with Crippen LogP contribution in [-0.2, 0) is 13.0 Å². The molecule has 4 heteroatoms. The number of nitrogens with zero attached hydrogens (tertiary/aromatic N) is 1. The molecule has 2 aromatic heterocycles. The molecule has 3 rings (SSSR count). The van der Waals surface area contributed by atoms with Crippen LogP contribution in [0.4, 0.5) is 0 Å². The first kappa shape index (κ1) is 15.4. The Morgan fingerprint density at radius 1 is 1.22 bits per heavy atom. The summed E-state index contributed by atoms with van der Waals surface area (Å²) >= 11 is 0. The predicted molar refractivity (Wildman–Crippen MR) is 91.5 cm³/mol. The molecule has 120 valence electrons. The van der Waals surface area contributed by atoms with Crippen LogP contribution in [-0.4, -0.2) is 17.0 Å². The first-order valence-electron chi connectivity index (χ1n) is 8.03. The highest BCUT2D eigenvalue weighted by atomic mass is 16.3. The number of carbonyl (C=O) groups excluding carboxylic acids is 1. The van der Waals surface area contributed by atoms with Crippen molar-refractivity contribution >= 4 is 16.8 Å². The molecule has 0 spiro atoms. The Morgan fingerprint density at radius 2 is 2.04 bits per heavy atom. The number of benzene rings is 1. The average Bonchev–Trinajstić information content (AvgIpc) is 3.15. The molecule has 0 aliphatic heterocycles. The fourth-order valence-corrected chi connectivity index (χ4v) is 2.82. The van der Waals surface area contributed by atoms with Crippen molar-refractivity contribution in [3.8, 4) is 0 Å². The maximum Gasteiger partial charge on any atom is 0.253 e. The van der Waals surface area contributed by atoms with Crippen LogP contribution in [0, 0.1) is 5.92 Å². The van der Waals surface area contributed by atoms with Crippen LogP contribution < -0.4 is 5.32 Å². The van der Waals surface area contributed by atoms with Crippen molar-refractivity contribution in [3.63, 3.8) is 0 Å². The van der Waals surface area contributed by atoms with Gasteiger partial charge < -0.3 is 14.3 Å².